The van der Waals surface area contributed by atoms with E-state index in [0.29, 0.717) is 16.4 Å². The van der Waals surface area contributed by atoms with Gasteiger partial charge in [0.05, 0.1) is 21.6 Å². The summed E-state index contributed by atoms with van der Waals surface area (Å²) in [6.07, 6.45) is -4.78. The molecule has 2 aromatic carbocycles. The fourth-order valence-electron chi connectivity index (χ4n) is 2.21. The molecule has 152 valence electrons. The highest BCUT2D eigenvalue weighted by Gasteiger charge is 2.31. The maximum atomic E-state index is 12.4. The Morgan fingerprint density at radius 3 is 2.55 bits per heavy atom. The van der Waals surface area contributed by atoms with Crippen LogP contribution in [-0.2, 0) is 4.79 Å². The van der Waals surface area contributed by atoms with Crippen LogP contribution in [0.2, 0.25) is 5.02 Å². The van der Waals surface area contributed by atoms with Crippen molar-refractivity contribution in [2.24, 2.45) is 0 Å². The molecule has 0 aliphatic carbocycles. The first-order valence-corrected chi connectivity index (χ1v) is 9.35. The number of hydrogen-bond acceptors (Lipinski definition) is 6. The van der Waals surface area contributed by atoms with Crippen molar-refractivity contribution in [2.45, 2.75) is 23.7 Å². The van der Waals surface area contributed by atoms with E-state index < -0.39 is 11.6 Å². The van der Waals surface area contributed by atoms with E-state index in [1.54, 1.807) is 31.2 Å². The molecule has 29 heavy (non-hydrogen) atoms. The molecule has 1 aromatic heterocycles. The molecule has 0 fully saturated rings. The molecule has 0 saturated carbocycles. The Morgan fingerprint density at radius 1 is 1.21 bits per heavy atom. The Hall–Kier alpha value is -2.79. The molecular weight excluding hydrogens is 431 g/mol. The van der Waals surface area contributed by atoms with E-state index in [1.807, 2.05) is 0 Å². The van der Waals surface area contributed by atoms with Gasteiger partial charge in [-0.25, -0.2) is 0 Å². The smallest absolute Gasteiger partial charge is 0.406 e. The second-order valence-electron chi connectivity index (χ2n) is 5.64. The maximum absolute atomic E-state index is 12.4. The maximum Gasteiger partial charge on any atom is 0.573 e. The lowest BCUT2D eigenvalue weighted by Crippen LogP contribution is -2.23. The van der Waals surface area contributed by atoms with Crippen LogP contribution in [0, 0.1) is 0 Å². The van der Waals surface area contributed by atoms with Gasteiger partial charge < -0.3 is 10.1 Å². The molecule has 0 bridgehead atoms. The molecule has 0 aliphatic heterocycles. The van der Waals surface area contributed by atoms with E-state index in [4.69, 9.17) is 11.6 Å². The number of ether oxygens (including phenoxy) is 1. The Kier molecular flexibility index (Phi) is 6.28. The normalized spacial score (nSPS) is 12.4. The number of tetrazole rings is 1. The molecule has 1 N–H and O–H groups in total. The van der Waals surface area contributed by atoms with Crippen LogP contribution < -0.4 is 10.1 Å². The van der Waals surface area contributed by atoms with Crippen molar-refractivity contribution in [3.63, 3.8) is 0 Å². The molecule has 12 heteroatoms. The predicted molar refractivity (Wildman–Crippen MR) is 101 cm³/mol. The number of carbonyl (C=O) groups is 1. The molecule has 0 aliphatic rings. The zero-order valence-corrected chi connectivity index (χ0v) is 16.3. The zero-order valence-electron chi connectivity index (χ0n) is 14.7. The SMILES string of the molecule is CC(Sc1nnnn1-c1ccc(OC(F)(F)F)cc1)C(=O)Nc1ccccc1Cl. The number of rotatable bonds is 6. The summed E-state index contributed by atoms with van der Waals surface area (Å²) in [6, 6.07) is 11.8. The van der Waals surface area contributed by atoms with Crippen LogP contribution in [0.1, 0.15) is 6.92 Å². The topological polar surface area (TPSA) is 81.9 Å². The van der Waals surface area contributed by atoms with Crippen molar-refractivity contribution < 1.29 is 22.7 Å². The average Bonchev–Trinajstić information content (AvgIpc) is 3.11. The van der Waals surface area contributed by atoms with Crippen LogP contribution in [0.3, 0.4) is 0 Å². The summed E-state index contributed by atoms with van der Waals surface area (Å²) >= 11 is 7.11. The summed E-state index contributed by atoms with van der Waals surface area (Å²) in [5.74, 6) is -0.678. The number of anilines is 1. The first-order valence-electron chi connectivity index (χ1n) is 8.09. The summed E-state index contributed by atoms with van der Waals surface area (Å²) < 4.78 is 42.0. The van der Waals surface area contributed by atoms with Crippen LogP contribution in [0.15, 0.2) is 53.7 Å². The summed E-state index contributed by atoms with van der Waals surface area (Å²) in [5.41, 5.74) is 0.886. The Bertz CT molecular complexity index is 997. The molecule has 0 saturated heterocycles. The average molecular weight is 444 g/mol. The zero-order chi connectivity index (χ0) is 21.0. The predicted octanol–water partition coefficient (Wildman–Crippen LogP) is 4.33. The number of nitrogens with one attached hydrogen (secondary N) is 1. The third-order valence-electron chi connectivity index (χ3n) is 3.54. The lowest BCUT2D eigenvalue weighted by Gasteiger charge is -2.13. The minimum atomic E-state index is -4.78. The molecule has 3 aromatic rings. The standard InChI is InChI=1S/C17H13ClF3N5O2S/c1-10(15(27)22-14-5-3-2-4-13(14)18)29-16-23-24-25-26(16)11-6-8-12(9-7-11)28-17(19,20)21/h2-10H,1H3,(H,22,27). The third-order valence-corrected chi connectivity index (χ3v) is 4.90. The number of halogens is 4. The van der Waals surface area contributed by atoms with Gasteiger partial charge in [0.1, 0.15) is 5.75 Å². The van der Waals surface area contributed by atoms with Gasteiger partial charge in [-0.15, -0.1) is 18.3 Å². The molecule has 1 atom stereocenters. The molecule has 3 rings (SSSR count). The third kappa shape index (κ3) is 5.61. The van der Waals surface area contributed by atoms with Gasteiger partial charge in [-0.2, -0.15) is 4.68 Å². The minimum absolute atomic E-state index is 0.288. The number of thioether (sulfide) groups is 1. The number of amides is 1. The Morgan fingerprint density at radius 2 is 1.90 bits per heavy atom. The van der Waals surface area contributed by atoms with Crippen LogP contribution in [0.25, 0.3) is 5.69 Å². The number of carbonyl (C=O) groups excluding carboxylic acids is 1. The van der Waals surface area contributed by atoms with Crippen LogP contribution >= 0.6 is 23.4 Å². The fraction of sp³-hybridized carbons (Fsp3) is 0.176. The summed E-state index contributed by atoms with van der Waals surface area (Å²) in [6.45, 7) is 1.66. The monoisotopic (exact) mass is 443 g/mol. The first-order chi connectivity index (χ1) is 13.7. The highest BCUT2D eigenvalue weighted by atomic mass is 35.5. The van der Waals surface area contributed by atoms with Crippen molar-refractivity contribution in [2.75, 3.05) is 5.32 Å². The van der Waals surface area contributed by atoms with E-state index in [2.05, 4.69) is 25.6 Å². The highest BCUT2D eigenvalue weighted by Crippen LogP contribution is 2.27. The van der Waals surface area contributed by atoms with E-state index in [-0.39, 0.29) is 16.8 Å². The molecule has 1 unspecified atom stereocenters. The second kappa shape index (κ2) is 8.70. The number of hydrogen-bond donors (Lipinski definition) is 1. The summed E-state index contributed by atoms with van der Waals surface area (Å²) in [5, 5.41) is 14.1. The highest BCUT2D eigenvalue weighted by molar-refractivity contribution is 8.00. The van der Waals surface area contributed by atoms with Gasteiger partial charge in [0, 0.05) is 0 Å². The van der Waals surface area contributed by atoms with Crippen molar-refractivity contribution >= 4 is 35.0 Å². The molecule has 0 spiro atoms. The van der Waals surface area contributed by atoms with Gasteiger partial charge in [0.2, 0.25) is 11.1 Å². The number of aromatic nitrogens is 4. The van der Waals surface area contributed by atoms with Crippen molar-refractivity contribution in [3.8, 4) is 11.4 Å². The number of para-hydroxylation sites is 1. The molecule has 7 nitrogen and oxygen atoms in total. The van der Waals surface area contributed by atoms with E-state index in [0.717, 1.165) is 23.9 Å². The van der Waals surface area contributed by atoms with Crippen LogP contribution in [0.5, 0.6) is 5.75 Å². The van der Waals surface area contributed by atoms with Gasteiger partial charge in [0.25, 0.3) is 0 Å². The number of nitrogens with zero attached hydrogens (tertiary/aromatic N) is 4. The largest absolute Gasteiger partial charge is 0.573 e. The summed E-state index contributed by atoms with van der Waals surface area (Å²) in [4.78, 5) is 12.4. The fourth-order valence-corrected chi connectivity index (χ4v) is 3.20. The van der Waals surface area contributed by atoms with E-state index in [9.17, 15) is 18.0 Å². The number of alkyl halides is 3. The molecule has 1 amide bonds. The second-order valence-corrected chi connectivity index (χ2v) is 7.36. The lowest BCUT2D eigenvalue weighted by atomic mass is 10.3. The molecule has 1 heterocycles. The Labute approximate surface area is 172 Å². The van der Waals surface area contributed by atoms with Crippen LogP contribution in [0.4, 0.5) is 18.9 Å². The van der Waals surface area contributed by atoms with Crippen molar-refractivity contribution in [3.05, 3.63) is 53.6 Å². The van der Waals surface area contributed by atoms with Gasteiger partial charge in [-0.1, -0.05) is 35.5 Å². The van der Waals surface area contributed by atoms with Gasteiger partial charge in [0.15, 0.2) is 0 Å². The van der Waals surface area contributed by atoms with Crippen molar-refractivity contribution in [1.82, 2.24) is 20.2 Å². The van der Waals surface area contributed by atoms with Crippen molar-refractivity contribution in [1.29, 1.82) is 0 Å². The van der Waals surface area contributed by atoms with Gasteiger partial charge in [-0.05, 0) is 53.7 Å². The van der Waals surface area contributed by atoms with Crippen LogP contribution in [-0.4, -0.2) is 37.7 Å². The molecular formula is C17H13ClF3N5O2S. The summed E-state index contributed by atoms with van der Waals surface area (Å²) in [7, 11) is 0. The minimum Gasteiger partial charge on any atom is -0.406 e. The van der Waals surface area contributed by atoms with Gasteiger partial charge >= 0.3 is 6.36 Å². The van der Waals surface area contributed by atoms with Gasteiger partial charge in [-0.3, -0.25) is 4.79 Å². The molecule has 0 radical (unpaired) electrons. The first kappa shape index (κ1) is 20.9. The lowest BCUT2D eigenvalue weighted by molar-refractivity contribution is -0.274. The van der Waals surface area contributed by atoms with E-state index >= 15 is 0 Å². The number of benzene rings is 2. The Balaban J connectivity index is 1.70. The quantitative estimate of drug-likeness (QED) is 0.571. The van der Waals surface area contributed by atoms with E-state index in [1.165, 1.54) is 16.8 Å².